The van der Waals surface area contributed by atoms with Gasteiger partial charge in [-0.1, -0.05) is 0 Å². The molecule has 0 fully saturated rings. The van der Waals surface area contributed by atoms with Crippen molar-refractivity contribution in [1.82, 2.24) is 0 Å². The third-order valence-corrected chi connectivity index (χ3v) is 1.43. The van der Waals surface area contributed by atoms with Gasteiger partial charge in [0.05, 0.1) is 13.7 Å². The number of benzene rings is 1. The van der Waals surface area contributed by atoms with Crippen molar-refractivity contribution in [2.45, 2.75) is 6.92 Å². The average molecular weight is 170 g/mol. The summed E-state index contributed by atoms with van der Waals surface area (Å²) < 4.78 is 22.7. The largest absolute Gasteiger partial charge is 0.493 e. The summed E-state index contributed by atoms with van der Waals surface area (Å²) in [6.45, 7) is 2.41. The van der Waals surface area contributed by atoms with E-state index in [1.165, 1.54) is 19.2 Å². The van der Waals surface area contributed by atoms with Crippen LogP contribution in [0.4, 0.5) is 4.39 Å². The number of hydrogen-bond donors (Lipinski definition) is 0. The summed E-state index contributed by atoms with van der Waals surface area (Å²) in [7, 11) is 1.48. The van der Waals surface area contributed by atoms with Crippen molar-refractivity contribution in [3.63, 3.8) is 0 Å². The van der Waals surface area contributed by atoms with Crippen LogP contribution >= 0.6 is 0 Å². The van der Waals surface area contributed by atoms with Crippen LogP contribution in [0.5, 0.6) is 11.5 Å². The van der Waals surface area contributed by atoms with Crippen LogP contribution in [0, 0.1) is 5.82 Å². The maximum absolute atomic E-state index is 12.6. The van der Waals surface area contributed by atoms with Crippen LogP contribution in [0.25, 0.3) is 0 Å². The average Bonchev–Trinajstić information content (AvgIpc) is 2.08. The molecule has 1 aromatic rings. The van der Waals surface area contributed by atoms with Crippen molar-refractivity contribution >= 4 is 0 Å². The monoisotopic (exact) mass is 170 g/mol. The Kier molecular flexibility index (Phi) is 2.91. The molecule has 0 aliphatic heterocycles. The van der Waals surface area contributed by atoms with E-state index in [-0.39, 0.29) is 5.82 Å². The summed E-state index contributed by atoms with van der Waals surface area (Å²) >= 11 is 0. The van der Waals surface area contributed by atoms with E-state index in [0.29, 0.717) is 18.1 Å². The van der Waals surface area contributed by atoms with E-state index in [4.69, 9.17) is 9.47 Å². The van der Waals surface area contributed by atoms with E-state index in [2.05, 4.69) is 0 Å². The van der Waals surface area contributed by atoms with Gasteiger partial charge >= 0.3 is 0 Å². The molecule has 0 spiro atoms. The molecule has 0 saturated heterocycles. The molecular formula is C9H11FO2. The molecule has 66 valence electrons. The molecular weight excluding hydrogens is 159 g/mol. The molecule has 0 N–H and O–H groups in total. The molecule has 0 heterocycles. The molecule has 0 aromatic heterocycles. The zero-order chi connectivity index (χ0) is 8.97. The molecule has 12 heavy (non-hydrogen) atoms. The summed E-state index contributed by atoms with van der Waals surface area (Å²) in [4.78, 5) is 0. The van der Waals surface area contributed by atoms with Crippen LogP contribution in [-0.2, 0) is 0 Å². The highest BCUT2D eigenvalue weighted by atomic mass is 19.1. The van der Waals surface area contributed by atoms with Gasteiger partial charge in [0.2, 0.25) is 0 Å². The fourth-order valence-electron chi connectivity index (χ4n) is 0.916. The van der Waals surface area contributed by atoms with Crippen molar-refractivity contribution < 1.29 is 13.9 Å². The van der Waals surface area contributed by atoms with E-state index in [0.717, 1.165) is 0 Å². The van der Waals surface area contributed by atoms with E-state index in [1.807, 2.05) is 6.92 Å². The Labute approximate surface area is 70.9 Å². The van der Waals surface area contributed by atoms with Gasteiger partial charge in [-0.3, -0.25) is 0 Å². The first-order valence-corrected chi connectivity index (χ1v) is 3.74. The smallest absolute Gasteiger partial charge is 0.163 e. The summed E-state index contributed by atoms with van der Waals surface area (Å²) in [6, 6.07) is 4.19. The Hall–Kier alpha value is -1.25. The van der Waals surface area contributed by atoms with Crippen molar-refractivity contribution in [2.24, 2.45) is 0 Å². The fourth-order valence-corrected chi connectivity index (χ4v) is 0.916. The normalized spacial score (nSPS) is 9.58. The van der Waals surface area contributed by atoms with Gasteiger partial charge in [-0.05, 0) is 19.1 Å². The van der Waals surface area contributed by atoms with Gasteiger partial charge in [-0.2, -0.15) is 0 Å². The van der Waals surface area contributed by atoms with Crippen LogP contribution < -0.4 is 9.47 Å². The summed E-state index contributed by atoms with van der Waals surface area (Å²) in [5.74, 6) is 0.675. The maximum atomic E-state index is 12.6. The highest BCUT2D eigenvalue weighted by Crippen LogP contribution is 2.27. The summed E-state index contributed by atoms with van der Waals surface area (Å²) in [6.07, 6.45) is 0. The lowest BCUT2D eigenvalue weighted by atomic mass is 10.3. The molecule has 0 amide bonds. The van der Waals surface area contributed by atoms with Gasteiger partial charge in [-0.15, -0.1) is 0 Å². The SMILES string of the molecule is CCOc1ccc(F)cc1OC. The summed E-state index contributed by atoms with van der Waals surface area (Å²) in [5.41, 5.74) is 0. The summed E-state index contributed by atoms with van der Waals surface area (Å²) in [5, 5.41) is 0. The van der Waals surface area contributed by atoms with E-state index >= 15 is 0 Å². The number of halogens is 1. The number of rotatable bonds is 3. The minimum Gasteiger partial charge on any atom is -0.493 e. The Bertz CT molecular complexity index is 261. The van der Waals surface area contributed by atoms with Crippen molar-refractivity contribution in [3.8, 4) is 11.5 Å². The highest BCUT2D eigenvalue weighted by Gasteiger charge is 2.03. The van der Waals surface area contributed by atoms with Crippen LogP contribution in [-0.4, -0.2) is 13.7 Å². The molecule has 0 aliphatic rings. The van der Waals surface area contributed by atoms with E-state index < -0.39 is 0 Å². The topological polar surface area (TPSA) is 18.5 Å². The van der Waals surface area contributed by atoms with Crippen LogP contribution in [0.15, 0.2) is 18.2 Å². The third kappa shape index (κ3) is 1.87. The van der Waals surface area contributed by atoms with Gasteiger partial charge in [-0.25, -0.2) is 4.39 Å². The van der Waals surface area contributed by atoms with Crippen LogP contribution in [0.1, 0.15) is 6.92 Å². The van der Waals surface area contributed by atoms with Gasteiger partial charge in [0.1, 0.15) is 5.82 Å². The predicted octanol–water partition coefficient (Wildman–Crippen LogP) is 2.23. The molecule has 0 unspecified atom stereocenters. The lowest BCUT2D eigenvalue weighted by Crippen LogP contribution is -1.95. The molecule has 0 radical (unpaired) electrons. The van der Waals surface area contributed by atoms with Crippen molar-refractivity contribution in [1.29, 1.82) is 0 Å². The van der Waals surface area contributed by atoms with Gasteiger partial charge in [0, 0.05) is 6.07 Å². The quantitative estimate of drug-likeness (QED) is 0.692. The van der Waals surface area contributed by atoms with E-state index in [9.17, 15) is 4.39 Å². The second-order valence-corrected chi connectivity index (χ2v) is 2.23. The molecule has 0 bridgehead atoms. The molecule has 0 saturated carbocycles. The molecule has 3 heteroatoms. The third-order valence-electron chi connectivity index (χ3n) is 1.43. The lowest BCUT2D eigenvalue weighted by Gasteiger charge is -2.07. The Balaban J connectivity index is 2.94. The number of ether oxygens (including phenoxy) is 2. The Morgan fingerprint density at radius 1 is 1.33 bits per heavy atom. The molecule has 0 aliphatic carbocycles. The first-order valence-electron chi connectivity index (χ1n) is 3.74. The van der Waals surface area contributed by atoms with Gasteiger partial charge < -0.3 is 9.47 Å². The first-order chi connectivity index (χ1) is 5.77. The van der Waals surface area contributed by atoms with Crippen LogP contribution in [0.3, 0.4) is 0 Å². The highest BCUT2D eigenvalue weighted by molar-refractivity contribution is 5.39. The van der Waals surface area contributed by atoms with Crippen molar-refractivity contribution in [3.05, 3.63) is 24.0 Å². The number of methoxy groups -OCH3 is 1. The zero-order valence-corrected chi connectivity index (χ0v) is 7.13. The standard InChI is InChI=1S/C9H11FO2/c1-3-12-8-5-4-7(10)6-9(8)11-2/h4-6H,3H2,1-2H3. The predicted molar refractivity (Wildman–Crippen MR) is 44.1 cm³/mol. The second kappa shape index (κ2) is 3.95. The minimum atomic E-state index is -0.324. The van der Waals surface area contributed by atoms with Gasteiger partial charge in [0.25, 0.3) is 0 Å². The van der Waals surface area contributed by atoms with E-state index in [1.54, 1.807) is 6.07 Å². The van der Waals surface area contributed by atoms with Crippen LogP contribution in [0.2, 0.25) is 0 Å². The molecule has 1 rings (SSSR count). The Morgan fingerprint density at radius 3 is 2.67 bits per heavy atom. The number of hydrogen-bond acceptors (Lipinski definition) is 2. The molecule has 0 atom stereocenters. The minimum absolute atomic E-state index is 0.324. The zero-order valence-electron chi connectivity index (χ0n) is 7.13. The molecule has 2 nitrogen and oxygen atoms in total. The fraction of sp³-hybridized carbons (Fsp3) is 0.333. The molecule has 1 aromatic carbocycles. The van der Waals surface area contributed by atoms with Crippen molar-refractivity contribution in [2.75, 3.05) is 13.7 Å². The second-order valence-electron chi connectivity index (χ2n) is 2.23. The Morgan fingerprint density at radius 2 is 2.08 bits per heavy atom. The first kappa shape index (κ1) is 8.84. The lowest BCUT2D eigenvalue weighted by molar-refractivity contribution is 0.309. The van der Waals surface area contributed by atoms with Gasteiger partial charge in [0.15, 0.2) is 11.5 Å². The maximum Gasteiger partial charge on any atom is 0.163 e.